The smallest absolute Gasteiger partial charge is 0.124 e. The van der Waals surface area contributed by atoms with Gasteiger partial charge in [-0.15, -0.1) is 0 Å². The molecule has 0 unspecified atom stereocenters. The third kappa shape index (κ3) is 2.98. The molecule has 1 atom stereocenters. The average Bonchev–Trinajstić information content (AvgIpc) is 2.49. The van der Waals surface area contributed by atoms with Crippen molar-refractivity contribution in [1.29, 1.82) is 0 Å². The van der Waals surface area contributed by atoms with Crippen molar-refractivity contribution in [1.82, 2.24) is 4.90 Å². The number of hydrogen-bond acceptors (Lipinski definition) is 1. The van der Waals surface area contributed by atoms with Gasteiger partial charge in [0.1, 0.15) is 12.0 Å². The fraction of sp³-hybridized carbons (Fsp3) is 0.455. The van der Waals surface area contributed by atoms with Crippen molar-refractivity contribution in [2.45, 2.75) is 19.1 Å². The first-order valence-electron chi connectivity index (χ1n) is 4.95. The SMILES string of the molecule is Fc1cc(Br)cc(CN2CC[C@H](F)C2)c1. The first-order valence-corrected chi connectivity index (χ1v) is 5.74. The summed E-state index contributed by atoms with van der Waals surface area (Å²) in [6.07, 6.45) is -0.127. The Morgan fingerprint density at radius 1 is 1.40 bits per heavy atom. The standard InChI is InChI=1S/C11H12BrF2N/c12-9-3-8(4-11(14)5-9)6-15-2-1-10(13)7-15/h3-5,10H,1-2,6-7H2/t10-/m0/s1. The fourth-order valence-electron chi connectivity index (χ4n) is 1.89. The molecule has 1 aliphatic heterocycles. The van der Waals surface area contributed by atoms with Crippen LogP contribution in [0.15, 0.2) is 22.7 Å². The molecule has 1 aromatic rings. The van der Waals surface area contributed by atoms with Crippen molar-refractivity contribution >= 4 is 15.9 Å². The van der Waals surface area contributed by atoms with Gasteiger partial charge in [-0.05, 0) is 30.2 Å². The maximum Gasteiger partial charge on any atom is 0.124 e. The molecular formula is C11H12BrF2N. The van der Waals surface area contributed by atoms with E-state index in [1.54, 1.807) is 0 Å². The molecular weight excluding hydrogens is 264 g/mol. The summed E-state index contributed by atoms with van der Waals surface area (Å²) in [4.78, 5) is 2.01. The van der Waals surface area contributed by atoms with Crippen LogP contribution in [-0.4, -0.2) is 24.2 Å². The van der Waals surface area contributed by atoms with Gasteiger partial charge in [0.05, 0.1) is 0 Å². The lowest BCUT2D eigenvalue weighted by atomic mass is 10.2. The molecule has 1 heterocycles. The minimum atomic E-state index is -0.720. The number of hydrogen-bond donors (Lipinski definition) is 0. The molecule has 0 bridgehead atoms. The molecule has 0 N–H and O–H groups in total. The van der Waals surface area contributed by atoms with Crippen LogP contribution in [0.4, 0.5) is 8.78 Å². The summed E-state index contributed by atoms with van der Waals surface area (Å²) in [6.45, 7) is 1.85. The summed E-state index contributed by atoms with van der Waals surface area (Å²) >= 11 is 3.24. The van der Waals surface area contributed by atoms with Crippen molar-refractivity contribution < 1.29 is 8.78 Å². The van der Waals surface area contributed by atoms with Crippen molar-refractivity contribution in [2.24, 2.45) is 0 Å². The first-order chi connectivity index (χ1) is 7.13. The molecule has 1 aromatic carbocycles. The van der Waals surface area contributed by atoms with Gasteiger partial charge in [0, 0.05) is 24.1 Å². The molecule has 1 aliphatic rings. The van der Waals surface area contributed by atoms with Crippen LogP contribution < -0.4 is 0 Å². The van der Waals surface area contributed by atoms with Crippen molar-refractivity contribution in [3.8, 4) is 0 Å². The third-order valence-electron chi connectivity index (χ3n) is 2.54. The van der Waals surface area contributed by atoms with E-state index < -0.39 is 6.17 Å². The Kier molecular flexibility index (Phi) is 3.36. The van der Waals surface area contributed by atoms with E-state index in [0.717, 1.165) is 16.6 Å². The van der Waals surface area contributed by atoms with Gasteiger partial charge < -0.3 is 0 Å². The molecule has 2 rings (SSSR count). The quantitative estimate of drug-likeness (QED) is 0.802. The van der Waals surface area contributed by atoms with E-state index in [1.165, 1.54) is 12.1 Å². The second kappa shape index (κ2) is 4.58. The van der Waals surface area contributed by atoms with E-state index in [-0.39, 0.29) is 5.82 Å². The number of benzene rings is 1. The van der Waals surface area contributed by atoms with Gasteiger partial charge in [-0.25, -0.2) is 8.78 Å². The van der Waals surface area contributed by atoms with Gasteiger partial charge in [0.25, 0.3) is 0 Å². The Balaban J connectivity index is 2.04. The summed E-state index contributed by atoms with van der Waals surface area (Å²) in [7, 11) is 0. The Morgan fingerprint density at radius 3 is 2.80 bits per heavy atom. The van der Waals surface area contributed by atoms with Crippen LogP contribution in [0, 0.1) is 5.82 Å². The normalized spacial score (nSPS) is 22.2. The second-order valence-electron chi connectivity index (χ2n) is 3.90. The van der Waals surface area contributed by atoms with Crippen LogP contribution >= 0.6 is 15.9 Å². The van der Waals surface area contributed by atoms with Gasteiger partial charge in [-0.1, -0.05) is 15.9 Å². The highest BCUT2D eigenvalue weighted by atomic mass is 79.9. The molecule has 0 spiro atoms. The Labute approximate surface area is 96.2 Å². The molecule has 1 fully saturated rings. The van der Waals surface area contributed by atoms with Gasteiger partial charge in [0.15, 0.2) is 0 Å². The van der Waals surface area contributed by atoms with E-state index in [9.17, 15) is 8.78 Å². The zero-order valence-corrected chi connectivity index (χ0v) is 9.80. The monoisotopic (exact) mass is 275 g/mol. The topological polar surface area (TPSA) is 3.24 Å². The molecule has 1 saturated heterocycles. The predicted molar refractivity (Wildman–Crippen MR) is 58.9 cm³/mol. The van der Waals surface area contributed by atoms with E-state index in [4.69, 9.17) is 0 Å². The van der Waals surface area contributed by atoms with E-state index in [2.05, 4.69) is 15.9 Å². The third-order valence-corrected chi connectivity index (χ3v) is 3.00. The van der Waals surface area contributed by atoms with Crippen LogP contribution in [0.25, 0.3) is 0 Å². The van der Waals surface area contributed by atoms with Gasteiger partial charge >= 0.3 is 0 Å². The van der Waals surface area contributed by atoms with Crippen LogP contribution in [-0.2, 0) is 6.54 Å². The highest BCUT2D eigenvalue weighted by Crippen LogP contribution is 2.19. The van der Waals surface area contributed by atoms with Gasteiger partial charge in [-0.2, -0.15) is 0 Å². The molecule has 1 nitrogen and oxygen atoms in total. The maximum atomic E-state index is 13.1. The zero-order valence-electron chi connectivity index (χ0n) is 8.22. The zero-order chi connectivity index (χ0) is 10.8. The summed E-state index contributed by atoms with van der Waals surface area (Å²) < 4.78 is 26.7. The van der Waals surface area contributed by atoms with Crippen LogP contribution in [0.1, 0.15) is 12.0 Å². The summed E-state index contributed by atoms with van der Waals surface area (Å²) in [5.74, 6) is -0.254. The number of likely N-dealkylation sites (tertiary alicyclic amines) is 1. The van der Waals surface area contributed by atoms with Gasteiger partial charge in [0.2, 0.25) is 0 Å². The van der Waals surface area contributed by atoms with Crippen LogP contribution in [0.3, 0.4) is 0 Å². The summed E-state index contributed by atoms with van der Waals surface area (Å²) in [6, 6.07) is 4.79. The largest absolute Gasteiger partial charge is 0.296 e. The van der Waals surface area contributed by atoms with Crippen molar-refractivity contribution in [3.63, 3.8) is 0 Å². The van der Waals surface area contributed by atoms with Crippen LogP contribution in [0.5, 0.6) is 0 Å². The Morgan fingerprint density at radius 2 is 2.20 bits per heavy atom. The minimum Gasteiger partial charge on any atom is -0.296 e. The minimum absolute atomic E-state index is 0.254. The molecule has 0 aromatic heterocycles. The lowest BCUT2D eigenvalue weighted by Gasteiger charge is -2.14. The molecule has 15 heavy (non-hydrogen) atoms. The molecule has 0 amide bonds. The lowest BCUT2D eigenvalue weighted by Crippen LogP contribution is -2.20. The number of rotatable bonds is 2. The number of alkyl halides is 1. The summed E-state index contributed by atoms with van der Waals surface area (Å²) in [5.41, 5.74) is 0.885. The predicted octanol–water partition coefficient (Wildman–Crippen LogP) is 3.13. The second-order valence-corrected chi connectivity index (χ2v) is 4.81. The first kappa shape index (κ1) is 11.0. The Hall–Kier alpha value is -0.480. The fourth-order valence-corrected chi connectivity index (χ4v) is 2.40. The molecule has 0 saturated carbocycles. The lowest BCUT2D eigenvalue weighted by molar-refractivity contribution is 0.282. The highest BCUT2D eigenvalue weighted by Gasteiger charge is 2.21. The van der Waals surface area contributed by atoms with E-state index in [1.807, 2.05) is 11.0 Å². The average molecular weight is 276 g/mol. The van der Waals surface area contributed by atoms with E-state index >= 15 is 0 Å². The number of halogens is 3. The van der Waals surface area contributed by atoms with Crippen molar-refractivity contribution in [3.05, 3.63) is 34.1 Å². The Bertz CT molecular complexity index is 336. The molecule has 4 heteroatoms. The molecule has 0 radical (unpaired) electrons. The summed E-state index contributed by atoms with van der Waals surface area (Å²) in [5, 5.41) is 0. The number of nitrogens with zero attached hydrogens (tertiary/aromatic N) is 1. The maximum absolute atomic E-state index is 13.1. The van der Waals surface area contributed by atoms with Crippen LogP contribution in [0.2, 0.25) is 0 Å². The molecule has 0 aliphatic carbocycles. The highest BCUT2D eigenvalue weighted by molar-refractivity contribution is 9.10. The molecule has 82 valence electrons. The van der Waals surface area contributed by atoms with Crippen molar-refractivity contribution in [2.75, 3.05) is 13.1 Å². The van der Waals surface area contributed by atoms with E-state index in [0.29, 0.717) is 19.5 Å². The van der Waals surface area contributed by atoms with Gasteiger partial charge in [-0.3, -0.25) is 4.90 Å².